The van der Waals surface area contributed by atoms with Crippen LogP contribution in [0, 0.1) is 29.0 Å². The molecule has 0 radical (unpaired) electrons. The van der Waals surface area contributed by atoms with Crippen molar-refractivity contribution in [2.24, 2.45) is 11.8 Å². The molecule has 0 amide bonds. The molecule has 3 heterocycles. The van der Waals surface area contributed by atoms with Crippen LogP contribution in [0.1, 0.15) is 76.2 Å². The van der Waals surface area contributed by atoms with Gasteiger partial charge >= 0.3 is 0 Å². The summed E-state index contributed by atoms with van der Waals surface area (Å²) in [4.78, 5) is 35.4. The zero-order chi connectivity index (χ0) is 28.6. The molecule has 0 aliphatic carbocycles. The first-order valence-electron chi connectivity index (χ1n) is 14.7. The molecule has 1 aromatic heterocycles. The number of nitrogens with zero attached hydrogens (tertiary/aromatic N) is 4. The molecule has 7 heteroatoms. The van der Waals surface area contributed by atoms with Gasteiger partial charge in [0.25, 0.3) is 0 Å². The number of carbonyl (C=O) groups excluding carboxylic acids is 2. The van der Waals surface area contributed by atoms with Gasteiger partial charge in [-0.1, -0.05) is 30.3 Å². The Labute approximate surface area is 241 Å². The van der Waals surface area contributed by atoms with Gasteiger partial charge in [0.2, 0.25) is 0 Å². The highest BCUT2D eigenvalue weighted by Gasteiger charge is 2.25. The van der Waals surface area contributed by atoms with E-state index in [1.165, 1.54) is 17.7 Å². The minimum absolute atomic E-state index is 0.00717. The summed E-state index contributed by atoms with van der Waals surface area (Å²) in [6.07, 6.45) is 4.71. The number of hydrogen-bond acceptors (Lipinski definition) is 6. The Morgan fingerprint density at radius 3 is 1.61 bits per heavy atom. The number of aromatic nitrogens is 1. The molecule has 3 aromatic rings. The molecule has 2 fully saturated rings. The zero-order valence-electron chi connectivity index (χ0n) is 23.5. The molecule has 212 valence electrons. The number of piperidine rings is 2. The molecular formula is C34H37FN4O2. The topological polar surface area (TPSA) is 77.3 Å². The van der Waals surface area contributed by atoms with Crippen LogP contribution in [0.5, 0.6) is 0 Å². The SMILES string of the molecule is N#Cc1ccc(CN2CCC(CC(=O)c3cccc(C(=O)CC4CCN(Cc5ccc(F)cc5)CC4)n3)CC2)cc1. The number of carbonyl (C=O) groups is 2. The molecule has 2 aliphatic rings. The summed E-state index contributed by atoms with van der Waals surface area (Å²) in [5, 5.41) is 8.98. The summed E-state index contributed by atoms with van der Waals surface area (Å²) in [6.45, 7) is 5.34. The van der Waals surface area contributed by atoms with E-state index < -0.39 is 0 Å². The maximum Gasteiger partial charge on any atom is 0.181 e. The average molecular weight is 553 g/mol. The van der Waals surface area contributed by atoms with Crippen molar-refractivity contribution in [3.05, 3.63) is 101 Å². The van der Waals surface area contributed by atoms with Crippen molar-refractivity contribution in [2.45, 2.75) is 51.6 Å². The molecule has 0 atom stereocenters. The number of likely N-dealkylation sites (tertiary alicyclic amines) is 2. The molecule has 0 unspecified atom stereocenters. The van der Waals surface area contributed by atoms with Crippen molar-refractivity contribution in [1.82, 2.24) is 14.8 Å². The molecule has 2 aromatic carbocycles. The van der Waals surface area contributed by atoms with Gasteiger partial charge in [0.1, 0.15) is 17.2 Å². The first-order valence-corrected chi connectivity index (χ1v) is 14.7. The number of nitriles is 1. The van der Waals surface area contributed by atoms with Crippen molar-refractivity contribution < 1.29 is 14.0 Å². The van der Waals surface area contributed by atoms with Gasteiger partial charge in [0.15, 0.2) is 11.6 Å². The maximum absolute atomic E-state index is 13.2. The van der Waals surface area contributed by atoms with E-state index in [4.69, 9.17) is 5.26 Å². The van der Waals surface area contributed by atoms with Crippen LogP contribution in [-0.4, -0.2) is 52.5 Å². The standard InChI is InChI=1S/C34H37FN4O2/c35-30-10-8-29(9-11-30)24-39-18-14-26(15-19-39)21-34(41)32-3-1-2-31(37-32)33(40)20-25-12-16-38(17-13-25)23-28-6-4-27(22-36)5-7-28/h1-11,25-26H,12-21,23-24H2. The van der Waals surface area contributed by atoms with E-state index in [0.29, 0.717) is 41.6 Å². The van der Waals surface area contributed by atoms with E-state index in [0.717, 1.165) is 70.5 Å². The Morgan fingerprint density at radius 1 is 0.732 bits per heavy atom. The minimum atomic E-state index is -0.219. The number of ketones is 2. The molecule has 0 saturated carbocycles. The normalized spacial score (nSPS) is 17.3. The Bertz CT molecular complexity index is 1370. The lowest BCUT2D eigenvalue weighted by atomic mass is 9.90. The van der Waals surface area contributed by atoms with Crippen LogP contribution < -0.4 is 0 Å². The summed E-state index contributed by atoms with van der Waals surface area (Å²) in [6, 6.07) is 21.8. The lowest BCUT2D eigenvalue weighted by molar-refractivity contribution is 0.0916. The van der Waals surface area contributed by atoms with Crippen LogP contribution in [0.4, 0.5) is 4.39 Å². The van der Waals surface area contributed by atoms with Gasteiger partial charge in [0, 0.05) is 25.9 Å². The highest BCUT2D eigenvalue weighted by Crippen LogP contribution is 2.25. The lowest BCUT2D eigenvalue weighted by Gasteiger charge is -2.31. The van der Waals surface area contributed by atoms with E-state index in [1.807, 2.05) is 36.4 Å². The van der Waals surface area contributed by atoms with Crippen molar-refractivity contribution >= 4 is 11.6 Å². The summed E-state index contributed by atoms with van der Waals surface area (Å²) in [5.41, 5.74) is 3.75. The monoisotopic (exact) mass is 552 g/mol. The highest BCUT2D eigenvalue weighted by atomic mass is 19.1. The maximum atomic E-state index is 13.2. The number of Topliss-reactive ketones (excluding diaryl/α,β-unsaturated/α-hetero) is 2. The van der Waals surface area contributed by atoms with Crippen LogP contribution in [-0.2, 0) is 13.1 Å². The summed E-state index contributed by atoms with van der Waals surface area (Å²) in [7, 11) is 0. The van der Waals surface area contributed by atoms with E-state index in [1.54, 1.807) is 18.2 Å². The molecule has 0 bridgehead atoms. The number of rotatable bonds is 10. The van der Waals surface area contributed by atoms with Crippen molar-refractivity contribution in [3.8, 4) is 6.07 Å². The fraction of sp³-hybridized carbons (Fsp3) is 0.412. The van der Waals surface area contributed by atoms with Gasteiger partial charge in [0.05, 0.1) is 11.6 Å². The van der Waals surface area contributed by atoms with Crippen LogP contribution >= 0.6 is 0 Å². The van der Waals surface area contributed by atoms with Gasteiger partial charge in [-0.15, -0.1) is 0 Å². The lowest BCUT2D eigenvalue weighted by Crippen LogP contribution is -2.34. The van der Waals surface area contributed by atoms with Crippen LogP contribution in [0.3, 0.4) is 0 Å². The van der Waals surface area contributed by atoms with Gasteiger partial charge in [-0.25, -0.2) is 9.37 Å². The Morgan fingerprint density at radius 2 is 1.17 bits per heavy atom. The van der Waals surface area contributed by atoms with Gasteiger partial charge in [-0.05, 0) is 111 Å². The first-order chi connectivity index (χ1) is 19.9. The number of benzene rings is 2. The Balaban J connectivity index is 1.05. The molecule has 0 N–H and O–H groups in total. The Kier molecular flexibility index (Phi) is 9.66. The quantitative estimate of drug-likeness (QED) is 0.285. The predicted octanol–water partition coefficient (Wildman–Crippen LogP) is 6.06. The number of halogens is 1. The summed E-state index contributed by atoms with van der Waals surface area (Å²) < 4.78 is 13.2. The zero-order valence-corrected chi connectivity index (χ0v) is 23.5. The van der Waals surface area contributed by atoms with Crippen molar-refractivity contribution in [2.75, 3.05) is 26.2 Å². The highest BCUT2D eigenvalue weighted by molar-refractivity contribution is 5.98. The molecular weight excluding hydrogens is 515 g/mol. The molecule has 2 saturated heterocycles. The summed E-state index contributed by atoms with van der Waals surface area (Å²) >= 11 is 0. The fourth-order valence-corrected chi connectivity index (χ4v) is 5.97. The van der Waals surface area contributed by atoms with Crippen molar-refractivity contribution in [1.29, 1.82) is 5.26 Å². The van der Waals surface area contributed by atoms with Crippen molar-refractivity contribution in [3.63, 3.8) is 0 Å². The Hall–Kier alpha value is -3.73. The predicted molar refractivity (Wildman–Crippen MR) is 156 cm³/mol. The fourth-order valence-electron chi connectivity index (χ4n) is 5.97. The summed E-state index contributed by atoms with van der Waals surface area (Å²) in [5.74, 6) is 0.429. The number of hydrogen-bond donors (Lipinski definition) is 0. The average Bonchev–Trinajstić information content (AvgIpc) is 3.00. The van der Waals surface area contributed by atoms with Crippen LogP contribution in [0.15, 0.2) is 66.7 Å². The molecule has 0 spiro atoms. The smallest absolute Gasteiger partial charge is 0.181 e. The van der Waals surface area contributed by atoms with E-state index >= 15 is 0 Å². The van der Waals surface area contributed by atoms with E-state index in [9.17, 15) is 14.0 Å². The largest absolute Gasteiger partial charge is 0.299 e. The third-order valence-corrected chi connectivity index (χ3v) is 8.49. The second kappa shape index (κ2) is 13.8. The second-order valence-corrected chi connectivity index (χ2v) is 11.5. The third kappa shape index (κ3) is 8.16. The minimum Gasteiger partial charge on any atom is -0.299 e. The first kappa shape index (κ1) is 28.8. The molecule has 41 heavy (non-hydrogen) atoms. The molecule has 5 rings (SSSR count). The second-order valence-electron chi connectivity index (χ2n) is 11.5. The van der Waals surface area contributed by atoms with Crippen LogP contribution in [0.25, 0.3) is 0 Å². The van der Waals surface area contributed by atoms with Gasteiger partial charge in [-0.3, -0.25) is 19.4 Å². The number of pyridine rings is 1. The van der Waals surface area contributed by atoms with E-state index in [2.05, 4.69) is 20.9 Å². The molecule has 2 aliphatic heterocycles. The van der Waals surface area contributed by atoms with Crippen LogP contribution in [0.2, 0.25) is 0 Å². The van der Waals surface area contributed by atoms with Gasteiger partial charge < -0.3 is 0 Å². The molecule has 6 nitrogen and oxygen atoms in total. The van der Waals surface area contributed by atoms with E-state index in [-0.39, 0.29) is 17.4 Å². The third-order valence-electron chi connectivity index (χ3n) is 8.49. The van der Waals surface area contributed by atoms with Gasteiger partial charge in [-0.2, -0.15) is 5.26 Å².